The predicted molar refractivity (Wildman–Crippen MR) is 82.3 cm³/mol. The van der Waals surface area contributed by atoms with Crippen molar-refractivity contribution in [2.45, 2.75) is 20.4 Å². The first kappa shape index (κ1) is 15.7. The Bertz CT molecular complexity index is 605. The molecule has 112 valence electrons. The van der Waals surface area contributed by atoms with Gasteiger partial charge in [0.1, 0.15) is 11.6 Å². The average Bonchev–Trinajstić information content (AvgIpc) is 2.42. The zero-order chi connectivity index (χ0) is 15.2. The molecular formula is C16H18ClFN2O. The summed E-state index contributed by atoms with van der Waals surface area (Å²) in [5.74, 6) is 1.01. The quantitative estimate of drug-likeness (QED) is 0.858. The number of rotatable bonds is 6. The van der Waals surface area contributed by atoms with Gasteiger partial charge in [0.2, 0.25) is 5.88 Å². The number of aromatic nitrogens is 1. The number of hydrogen-bond donors (Lipinski definition) is 1. The van der Waals surface area contributed by atoms with Gasteiger partial charge in [-0.1, -0.05) is 31.5 Å². The first-order valence-corrected chi connectivity index (χ1v) is 7.22. The van der Waals surface area contributed by atoms with Crippen LogP contribution in [0.1, 0.15) is 19.5 Å². The Hall–Kier alpha value is -1.65. The average molecular weight is 309 g/mol. The van der Waals surface area contributed by atoms with E-state index >= 15 is 0 Å². The zero-order valence-electron chi connectivity index (χ0n) is 12.1. The van der Waals surface area contributed by atoms with E-state index in [0.717, 1.165) is 12.2 Å². The van der Waals surface area contributed by atoms with Gasteiger partial charge in [-0.15, -0.1) is 0 Å². The molecule has 1 aromatic heterocycles. The van der Waals surface area contributed by atoms with Crippen LogP contribution in [0.5, 0.6) is 11.6 Å². The second kappa shape index (κ2) is 7.38. The van der Waals surface area contributed by atoms with E-state index in [-0.39, 0.29) is 5.02 Å². The first-order chi connectivity index (χ1) is 10.0. The Labute approximate surface area is 129 Å². The number of ether oxygens (including phenoxy) is 1. The Balaban J connectivity index is 2.03. The fourth-order valence-corrected chi connectivity index (χ4v) is 1.98. The third-order valence-electron chi connectivity index (χ3n) is 2.75. The lowest BCUT2D eigenvalue weighted by Crippen LogP contribution is -2.19. The lowest BCUT2D eigenvalue weighted by molar-refractivity contribution is 0.457. The number of pyridine rings is 1. The molecular weight excluding hydrogens is 291 g/mol. The first-order valence-electron chi connectivity index (χ1n) is 6.84. The van der Waals surface area contributed by atoms with Crippen LogP contribution in [0.25, 0.3) is 0 Å². The van der Waals surface area contributed by atoms with Crippen LogP contribution in [0.15, 0.2) is 36.4 Å². The minimum Gasteiger partial charge on any atom is -0.437 e. The largest absolute Gasteiger partial charge is 0.437 e. The Morgan fingerprint density at radius 1 is 1.29 bits per heavy atom. The molecule has 0 saturated heterocycles. The van der Waals surface area contributed by atoms with Gasteiger partial charge in [-0.2, -0.15) is 0 Å². The van der Waals surface area contributed by atoms with E-state index in [1.54, 1.807) is 6.07 Å². The normalized spacial score (nSPS) is 10.9. The monoisotopic (exact) mass is 308 g/mol. The van der Waals surface area contributed by atoms with Crippen LogP contribution in [-0.4, -0.2) is 11.5 Å². The number of benzene rings is 1. The molecule has 0 aliphatic carbocycles. The van der Waals surface area contributed by atoms with E-state index in [1.807, 2.05) is 12.1 Å². The number of nitrogens with one attached hydrogen (secondary N) is 1. The van der Waals surface area contributed by atoms with E-state index in [1.165, 1.54) is 18.2 Å². The second-order valence-corrected chi connectivity index (χ2v) is 5.58. The second-order valence-electron chi connectivity index (χ2n) is 5.17. The summed E-state index contributed by atoms with van der Waals surface area (Å²) in [7, 11) is 0. The molecule has 21 heavy (non-hydrogen) atoms. The minimum atomic E-state index is -0.396. The molecule has 0 saturated carbocycles. The van der Waals surface area contributed by atoms with Crippen molar-refractivity contribution in [3.05, 3.63) is 52.9 Å². The highest BCUT2D eigenvalue weighted by molar-refractivity contribution is 6.32. The third-order valence-corrected chi connectivity index (χ3v) is 3.04. The molecule has 0 aliphatic rings. The van der Waals surface area contributed by atoms with Crippen molar-refractivity contribution in [2.75, 3.05) is 6.54 Å². The Morgan fingerprint density at radius 2 is 2.10 bits per heavy atom. The molecule has 1 aromatic carbocycles. The molecule has 2 rings (SSSR count). The van der Waals surface area contributed by atoms with Crippen LogP contribution in [0.2, 0.25) is 5.02 Å². The summed E-state index contributed by atoms with van der Waals surface area (Å²) in [5, 5.41) is 3.54. The van der Waals surface area contributed by atoms with Crippen LogP contribution in [0, 0.1) is 11.7 Å². The molecule has 5 heteroatoms. The molecule has 2 aromatic rings. The van der Waals surface area contributed by atoms with Crippen LogP contribution in [0.4, 0.5) is 4.39 Å². The fraction of sp³-hybridized carbons (Fsp3) is 0.312. The molecule has 0 bridgehead atoms. The molecule has 0 fully saturated rings. The predicted octanol–water partition coefficient (Wildman–Crippen LogP) is 4.41. The summed E-state index contributed by atoms with van der Waals surface area (Å²) >= 11 is 5.93. The standard InChI is InChI=1S/C16H18ClFN2O/c1-11(2)9-19-10-13-4-3-5-16(20-13)21-15-7-6-12(18)8-14(15)17/h3-8,11,19H,9-10H2,1-2H3. The summed E-state index contributed by atoms with van der Waals surface area (Å²) in [6.45, 7) is 5.90. The van der Waals surface area contributed by atoms with E-state index in [0.29, 0.717) is 24.1 Å². The molecule has 0 amide bonds. The van der Waals surface area contributed by atoms with Crippen molar-refractivity contribution >= 4 is 11.6 Å². The Morgan fingerprint density at radius 3 is 2.81 bits per heavy atom. The van der Waals surface area contributed by atoms with Gasteiger partial charge in [-0.05, 0) is 36.7 Å². The molecule has 0 atom stereocenters. The highest BCUT2D eigenvalue weighted by Crippen LogP contribution is 2.28. The smallest absolute Gasteiger partial charge is 0.219 e. The molecule has 1 N–H and O–H groups in total. The zero-order valence-corrected chi connectivity index (χ0v) is 12.8. The molecule has 0 radical (unpaired) electrons. The van der Waals surface area contributed by atoms with Crippen LogP contribution in [-0.2, 0) is 6.54 Å². The molecule has 0 aliphatic heterocycles. The van der Waals surface area contributed by atoms with Crippen LogP contribution >= 0.6 is 11.6 Å². The van der Waals surface area contributed by atoms with E-state index in [9.17, 15) is 4.39 Å². The lowest BCUT2D eigenvalue weighted by atomic mass is 10.2. The topological polar surface area (TPSA) is 34.1 Å². The fourth-order valence-electron chi connectivity index (χ4n) is 1.77. The number of nitrogens with zero attached hydrogens (tertiary/aromatic N) is 1. The number of halogens is 2. The third kappa shape index (κ3) is 4.99. The molecule has 0 spiro atoms. The maximum Gasteiger partial charge on any atom is 0.219 e. The van der Waals surface area contributed by atoms with Gasteiger partial charge in [-0.3, -0.25) is 0 Å². The van der Waals surface area contributed by atoms with E-state index in [2.05, 4.69) is 24.1 Å². The van der Waals surface area contributed by atoms with Crippen molar-refractivity contribution in [3.8, 4) is 11.6 Å². The summed E-state index contributed by atoms with van der Waals surface area (Å²) in [6, 6.07) is 9.54. The van der Waals surface area contributed by atoms with Gasteiger partial charge >= 0.3 is 0 Å². The van der Waals surface area contributed by atoms with E-state index < -0.39 is 5.82 Å². The van der Waals surface area contributed by atoms with Crippen molar-refractivity contribution < 1.29 is 9.13 Å². The summed E-state index contributed by atoms with van der Waals surface area (Å²) in [6.07, 6.45) is 0. The maximum atomic E-state index is 13.0. The lowest BCUT2D eigenvalue weighted by Gasteiger charge is -2.09. The van der Waals surface area contributed by atoms with Gasteiger partial charge in [0.15, 0.2) is 0 Å². The van der Waals surface area contributed by atoms with Crippen LogP contribution in [0.3, 0.4) is 0 Å². The number of hydrogen-bond acceptors (Lipinski definition) is 3. The van der Waals surface area contributed by atoms with Gasteiger partial charge in [0, 0.05) is 12.6 Å². The van der Waals surface area contributed by atoms with Gasteiger partial charge < -0.3 is 10.1 Å². The molecule has 0 unspecified atom stereocenters. The Kier molecular flexibility index (Phi) is 5.53. The SMILES string of the molecule is CC(C)CNCc1cccc(Oc2ccc(F)cc2Cl)n1. The summed E-state index contributed by atoms with van der Waals surface area (Å²) in [4.78, 5) is 4.39. The highest BCUT2D eigenvalue weighted by atomic mass is 35.5. The minimum absolute atomic E-state index is 0.222. The summed E-state index contributed by atoms with van der Waals surface area (Å²) < 4.78 is 18.6. The van der Waals surface area contributed by atoms with Crippen LogP contribution < -0.4 is 10.1 Å². The maximum absolute atomic E-state index is 13.0. The van der Waals surface area contributed by atoms with Gasteiger partial charge in [0.05, 0.1) is 10.7 Å². The highest BCUT2D eigenvalue weighted by Gasteiger charge is 2.06. The van der Waals surface area contributed by atoms with Crippen molar-refractivity contribution in [3.63, 3.8) is 0 Å². The van der Waals surface area contributed by atoms with E-state index in [4.69, 9.17) is 16.3 Å². The van der Waals surface area contributed by atoms with Crippen molar-refractivity contribution in [2.24, 2.45) is 5.92 Å². The summed E-state index contributed by atoms with van der Waals surface area (Å²) in [5.41, 5.74) is 0.881. The van der Waals surface area contributed by atoms with Gasteiger partial charge in [-0.25, -0.2) is 9.37 Å². The van der Waals surface area contributed by atoms with Gasteiger partial charge in [0.25, 0.3) is 0 Å². The molecule has 3 nitrogen and oxygen atoms in total. The molecule has 1 heterocycles. The van der Waals surface area contributed by atoms with Crippen molar-refractivity contribution in [1.29, 1.82) is 0 Å². The van der Waals surface area contributed by atoms with Crippen molar-refractivity contribution in [1.82, 2.24) is 10.3 Å².